The van der Waals surface area contributed by atoms with Gasteiger partial charge in [-0.05, 0) is 17.7 Å². The first-order valence-electron chi connectivity index (χ1n) is 7.10. The normalized spacial score (nSPS) is 22.4. The van der Waals surface area contributed by atoms with Gasteiger partial charge in [-0.3, -0.25) is 0 Å². The molecule has 25 heavy (non-hydrogen) atoms. The average Bonchev–Trinajstić information content (AvgIpc) is 2.70. The number of alkyl halides is 7. The molecule has 2 aliphatic carbocycles. The van der Waals surface area contributed by atoms with Gasteiger partial charge in [0.05, 0.1) is 4.90 Å². The third-order valence-corrected chi connectivity index (χ3v) is 5.73. The zero-order valence-corrected chi connectivity index (χ0v) is 13.2. The van der Waals surface area contributed by atoms with Crippen LogP contribution in [0.4, 0.5) is 30.7 Å². The van der Waals surface area contributed by atoms with Crippen molar-refractivity contribution >= 4 is 9.84 Å². The van der Waals surface area contributed by atoms with Gasteiger partial charge in [0.15, 0.2) is 0 Å². The van der Waals surface area contributed by atoms with Crippen LogP contribution in [-0.4, -0.2) is 31.9 Å². The average molecular weight is 392 g/mol. The number of halogens is 7. The lowest BCUT2D eigenvalue weighted by Crippen LogP contribution is -2.43. The standard InChI is InChI=1S/C14H11F7O3S/c15-12(16)3-7(4-12)24-10-1-2-11(25(22,23)14(19,20)21)9-6-13(17,18)5-8(9)10/h1-2,7H,3-6H2. The quantitative estimate of drug-likeness (QED) is 0.734. The summed E-state index contributed by atoms with van der Waals surface area (Å²) in [6.45, 7) is 0. The molecule has 0 bridgehead atoms. The summed E-state index contributed by atoms with van der Waals surface area (Å²) < 4.78 is 120. The van der Waals surface area contributed by atoms with E-state index >= 15 is 0 Å². The molecule has 140 valence electrons. The molecule has 0 aliphatic heterocycles. The van der Waals surface area contributed by atoms with Crippen LogP contribution in [0.2, 0.25) is 0 Å². The number of sulfone groups is 1. The van der Waals surface area contributed by atoms with Crippen molar-refractivity contribution in [2.75, 3.05) is 0 Å². The fourth-order valence-electron chi connectivity index (χ4n) is 2.97. The van der Waals surface area contributed by atoms with Crippen LogP contribution in [0.1, 0.15) is 24.0 Å². The largest absolute Gasteiger partial charge is 0.501 e. The summed E-state index contributed by atoms with van der Waals surface area (Å²) >= 11 is 0. The van der Waals surface area contributed by atoms with Crippen molar-refractivity contribution in [3.63, 3.8) is 0 Å². The van der Waals surface area contributed by atoms with Crippen LogP contribution in [0.5, 0.6) is 5.75 Å². The van der Waals surface area contributed by atoms with Gasteiger partial charge < -0.3 is 4.74 Å². The van der Waals surface area contributed by atoms with E-state index in [1.165, 1.54) is 0 Å². The van der Waals surface area contributed by atoms with Crippen molar-refractivity contribution in [1.29, 1.82) is 0 Å². The SMILES string of the molecule is O=S(=O)(c1ccc(OC2CC(F)(F)C2)c2c1CC(F)(F)C2)C(F)(F)F. The Balaban J connectivity index is 2.01. The van der Waals surface area contributed by atoms with Crippen molar-refractivity contribution in [3.05, 3.63) is 23.3 Å². The van der Waals surface area contributed by atoms with E-state index < -0.39 is 69.4 Å². The predicted molar refractivity (Wildman–Crippen MR) is 70.6 cm³/mol. The van der Waals surface area contributed by atoms with Crippen LogP contribution in [0.25, 0.3) is 0 Å². The molecule has 1 fully saturated rings. The summed E-state index contributed by atoms with van der Waals surface area (Å²) in [6.07, 6.45) is -4.44. The molecule has 0 spiro atoms. The molecule has 2 aliphatic rings. The molecular weight excluding hydrogens is 381 g/mol. The monoisotopic (exact) mass is 392 g/mol. The van der Waals surface area contributed by atoms with E-state index in [2.05, 4.69) is 0 Å². The van der Waals surface area contributed by atoms with Crippen molar-refractivity contribution in [2.24, 2.45) is 0 Å². The van der Waals surface area contributed by atoms with Crippen LogP contribution in [-0.2, 0) is 22.7 Å². The molecule has 0 amide bonds. The van der Waals surface area contributed by atoms with E-state index in [0.717, 1.165) is 6.07 Å². The molecule has 3 rings (SSSR count). The number of hydrogen-bond acceptors (Lipinski definition) is 3. The lowest BCUT2D eigenvalue weighted by atomic mass is 9.91. The van der Waals surface area contributed by atoms with Crippen LogP contribution >= 0.6 is 0 Å². The number of ether oxygens (including phenoxy) is 1. The van der Waals surface area contributed by atoms with Crippen molar-refractivity contribution in [2.45, 2.75) is 54.0 Å². The number of benzene rings is 1. The number of rotatable bonds is 3. The Morgan fingerprint density at radius 2 is 1.52 bits per heavy atom. The van der Waals surface area contributed by atoms with Crippen molar-refractivity contribution in [3.8, 4) is 5.75 Å². The Morgan fingerprint density at radius 1 is 0.960 bits per heavy atom. The summed E-state index contributed by atoms with van der Waals surface area (Å²) in [4.78, 5) is -1.25. The Hall–Kier alpha value is -1.52. The fourth-order valence-corrected chi connectivity index (χ4v) is 3.99. The maximum absolute atomic E-state index is 13.7. The highest BCUT2D eigenvalue weighted by Gasteiger charge is 2.52. The molecular formula is C14H11F7O3S. The second kappa shape index (κ2) is 5.24. The third-order valence-electron chi connectivity index (χ3n) is 4.16. The lowest BCUT2D eigenvalue weighted by molar-refractivity contribution is -0.134. The molecule has 1 aromatic rings. The minimum Gasteiger partial charge on any atom is -0.490 e. The summed E-state index contributed by atoms with van der Waals surface area (Å²) in [5, 5.41) is 0. The highest BCUT2D eigenvalue weighted by atomic mass is 32.2. The second-order valence-corrected chi connectivity index (χ2v) is 8.09. The maximum Gasteiger partial charge on any atom is 0.501 e. The zero-order valence-electron chi connectivity index (χ0n) is 12.3. The van der Waals surface area contributed by atoms with Crippen molar-refractivity contribution < 1.29 is 43.9 Å². The Kier molecular flexibility index (Phi) is 3.83. The summed E-state index contributed by atoms with van der Waals surface area (Å²) in [7, 11) is -5.82. The highest BCUT2D eigenvalue weighted by Crippen LogP contribution is 2.47. The Bertz CT molecular complexity index is 806. The molecule has 1 saturated carbocycles. The van der Waals surface area contributed by atoms with Gasteiger partial charge in [0.2, 0.25) is 0 Å². The van der Waals surface area contributed by atoms with Crippen molar-refractivity contribution in [1.82, 2.24) is 0 Å². The molecule has 0 heterocycles. The number of fused-ring (bicyclic) bond motifs is 1. The maximum atomic E-state index is 13.7. The second-order valence-electron chi connectivity index (χ2n) is 6.18. The molecule has 0 N–H and O–H groups in total. The number of hydrogen-bond donors (Lipinski definition) is 0. The first kappa shape index (κ1) is 18.3. The van der Waals surface area contributed by atoms with Crippen LogP contribution in [0, 0.1) is 0 Å². The minimum atomic E-state index is -5.82. The molecule has 0 aromatic heterocycles. The smallest absolute Gasteiger partial charge is 0.490 e. The van der Waals surface area contributed by atoms with Gasteiger partial charge in [-0.25, -0.2) is 26.0 Å². The molecule has 1 aromatic carbocycles. The molecule has 0 atom stereocenters. The lowest BCUT2D eigenvalue weighted by Gasteiger charge is -2.35. The summed E-state index contributed by atoms with van der Waals surface area (Å²) in [6, 6.07) is 1.35. The first-order valence-corrected chi connectivity index (χ1v) is 8.59. The molecule has 0 radical (unpaired) electrons. The van der Waals surface area contributed by atoms with E-state index in [4.69, 9.17) is 4.74 Å². The van der Waals surface area contributed by atoms with Gasteiger partial charge in [-0.15, -0.1) is 0 Å². The zero-order chi connectivity index (χ0) is 18.8. The molecule has 11 heteroatoms. The minimum absolute atomic E-state index is 0.284. The van der Waals surface area contributed by atoms with Crippen LogP contribution in [0.3, 0.4) is 0 Å². The summed E-state index contributed by atoms with van der Waals surface area (Å²) in [5.41, 5.74) is -6.70. The Labute approximate surface area is 137 Å². The topological polar surface area (TPSA) is 43.4 Å². The highest BCUT2D eigenvalue weighted by molar-refractivity contribution is 7.92. The molecule has 0 unspecified atom stereocenters. The van der Waals surface area contributed by atoms with Crippen LogP contribution in [0.15, 0.2) is 17.0 Å². The molecule has 3 nitrogen and oxygen atoms in total. The van der Waals surface area contributed by atoms with E-state index in [-0.39, 0.29) is 11.3 Å². The molecule has 0 saturated heterocycles. The van der Waals surface area contributed by atoms with Gasteiger partial charge in [-0.1, -0.05) is 0 Å². The van der Waals surface area contributed by atoms with Crippen LogP contribution < -0.4 is 4.74 Å². The van der Waals surface area contributed by atoms with Gasteiger partial charge in [-0.2, -0.15) is 13.2 Å². The van der Waals surface area contributed by atoms with Gasteiger partial charge in [0.1, 0.15) is 11.9 Å². The van der Waals surface area contributed by atoms with Gasteiger partial charge in [0.25, 0.3) is 21.7 Å². The van der Waals surface area contributed by atoms with E-state index in [1.54, 1.807) is 0 Å². The van der Waals surface area contributed by atoms with E-state index in [9.17, 15) is 39.2 Å². The fraction of sp³-hybridized carbons (Fsp3) is 0.571. The van der Waals surface area contributed by atoms with E-state index in [1.807, 2.05) is 0 Å². The van der Waals surface area contributed by atoms with E-state index in [0.29, 0.717) is 6.07 Å². The first-order chi connectivity index (χ1) is 11.2. The summed E-state index contributed by atoms with van der Waals surface area (Å²) in [5.74, 6) is -6.66. The van der Waals surface area contributed by atoms with Gasteiger partial charge >= 0.3 is 5.51 Å². The predicted octanol–water partition coefficient (Wildman–Crippen LogP) is 3.89. The Morgan fingerprint density at radius 3 is 2.04 bits per heavy atom. The third kappa shape index (κ3) is 3.18. The van der Waals surface area contributed by atoms with Gasteiger partial charge in [0, 0.05) is 31.2 Å².